The van der Waals surface area contributed by atoms with Gasteiger partial charge in [-0.3, -0.25) is 5.10 Å². The smallest absolute Gasteiger partial charge is 0.404 e. The Kier molecular flexibility index (Phi) is 6.98. The molecule has 5 rings (SSSR count). The fourth-order valence-electron chi connectivity index (χ4n) is 4.74. The molecule has 0 spiro atoms. The van der Waals surface area contributed by atoms with Crippen molar-refractivity contribution in [3.8, 4) is 0 Å². The second kappa shape index (κ2) is 10.2. The highest BCUT2D eigenvalue weighted by Crippen LogP contribution is 2.39. The van der Waals surface area contributed by atoms with Gasteiger partial charge in [0.25, 0.3) is 10.0 Å². The number of hydrogen-bond donors (Lipinski definition) is 3. The summed E-state index contributed by atoms with van der Waals surface area (Å²) in [7, 11) is -3.59. The SMILES string of the molecule is Cc1cc(NC2=CC(=NS(=O)(=O)C3CCC3)C(c3cnc(C4CCC(OC(N)=O)CC4)s3)C=C2)n[nH]1. The van der Waals surface area contributed by atoms with E-state index in [1.807, 2.05) is 31.3 Å². The molecule has 0 bridgehead atoms. The number of aryl methyl sites for hydroxylation is 1. The highest BCUT2D eigenvalue weighted by molar-refractivity contribution is 7.91. The van der Waals surface area contributed by atoms with E-state index < -0.39 is 21.4 Å². The van der Waals surface area contributed by atoms with Crippen LogP contribution in [0.5, 0.6) is 0 Å². The first-order valence-electron chi connectivity index (χ1n) is 12.2. The van der Waals surface area contributed by atoms with Gasteiger partial charge in [-0.1, -0.05) is 12.5 Å². The lowest BCUT2D eigenvalue weighted by atomic mass is 9.88. The third kappa shape index (κ3) is 5.54. The molecule has 2 fully saturated rings. The topological polar surface area (TPSA) is 152 Å². The molecule has 1 amide bonds. The second-order valence-corrected chi connectivity index (χ2v) is 12.6. The predicted molar refractivity (Wildman–Crippen MR) is 139 cm³/mol. The van der Waals surface area contributed by atoms with Crippen molar-refractivity contribution in [2.45, 2.75) is 75.1 Å². The fraction of sp³-hybridized carbons (Fsp3) is 0.500. The molecule has 1 unspecified atom stereocenters. The molecule has 3 aliphatic rings. The maximum absolute atomic E-state index is 13.0. The summed E-state index contributed by atoms with van der Waals surface area (Å²) in [6.45, 7) is 1.91. The number of nitrogens with two attached hydrogens (primary N) is 1. The van der Waals surface area contributed by atoms with E-state index >= 15 is 0 Å². The number of H-pyrrole nitrogens is 1. The predicted octanol–water partition coefficient (Wildman–Crippen LogP) is 4.27. The van der Waals surface area contributed by atoms with Crippen molar-refractivity contribution >= 4 is 39.0 Å². The summed E-state index contributed by atoms with van der Waals surface area (Å²) < 4.78 is 35.4. The lowest BCUT2D eigenvalue weighted by molar-refractivity contribution is 0.0787. The first-order valence-corrected chi connectivity index (χ1v) is 14.5. The highest BCUT2D eigenvalue weighted by Gasteiger charge is 2.33. The molecule has 2 aromatic rings. The molecule has 0 saturated heterocycles. The number of rotatable bonds is 7. The Labute approximate surface area is 214 Å². The molecule has 0 aliphatic heterocycles. The van der Waals surface area contributed by atoms with Crippen LogP contribution in [0.1, 0.15) is 72.4 Å². The molecule has 2 aromatic heterocycles. The Morgan fingerprint density at radius 3 is 2.67 bits per heavy atom. The minimum Gasteiger partial charge on any atom is -0.446 e. The second-order valence-electron chi connectivity index (χ2n) is 9.59. The summed E-state index contributed by atoms with van der Waals surface area (Å²) in [4.78, 5) is 16.7. The Bertz CT molecular complexity index is 1310. The number of ether oxygens (including phenoxy) is 1. The number of primary amides is 1. The molecule has 1 atom stereocenters. The molecule has 36 heavy (non-hydrogen) atoms. The first kappa shape index (κ1) is 24.7. The zero-order chi connectivity index (χ0) is 25.3. The van der Waals surface area contributed by atoms with Gasteiger partial charge in [0.1, 0.15) is 6.10 Å². The summed E-state index contributed by atoms with van der Waals surface area (Å²) in [5.74, 6) is 0.630. The highest BCUT2D eigenvalue weighted by atomic mass is 32.2. The van der Waals surface area contributed by atoms with Gasteiger partial charge in [-0.2, -0.15) is 9.50 Å². The van der Waals surface area contributed by atoms with E-state index in [4.69, 9.17) is 10.5 Å². The Morgan fingerprint density at radius 2 is 2.03 bits per heavy atom. The number of nitrogens with zero attached hydrogens (tertiary/aromatic N) is 3. The van der Waals surface area contributed by atoms with Crippen LogP contribution >= 0.6 is 11.3 Å². The number of amides is 1. The summed E-state index contributed by atoms with van der Waals surface area (Å²) in [6.07, 6.45) is 12.1. The first-order chi connectivity index (χ1) is 17.3. The molecular weight excluding hydrogens is 500 g/mol. The minimum atomic E-state index is -3.59. The zero-order valence-corrected chi connectivity index (χ0v) is 21.6. The summed E-state index contributed by atoms with van der Waals surface area (Å²) in [5.41, 5.74) is 7.27. The van der Waals surface area contributed by atoms with Crippen LogP contribution in [0.3, 0.4) is 0 Å². The van der Waals surface area contributed by atoms with Crippen LogP contribution in [0, 0.1) is 6.92 Å². The van der Waals surface area contributed by atoms with E-state index in [1.165, 1.54) is 0 Å². The summed E-state index contributed by atoms with van der Waals surface area (Å²) >= 11 is 1.59. The van der Waals surface area contributed by atoms with Crippen LogP contribution in [0.4, 0.5) is 10.6 Å². The van der Waals surface area contributed by atoms with Crippen molar-refractivity contribution in [2.24, 2.45) is 10.1 Å². The van der Waals surface area contributed by atoms with Crippen molar-refractivity contribution in [1.29, 1.82) is 0 Å². The van der Waals surface area contributed by atoms with Gasteiger partial charge < -0.3 is 15.8 Å². The number of allylic oxidation sites excluding steroid dienone is 3. The molecule has 12 heteroatoms. The molecule has 192 valence electrons. The van der Waals surface area contributed by atoms with Crippen LogP contribution in [0.25, 0.3) is 0 Å². The molecular formula is C24H30N6O4S2. The number of anilines is 1. The van der Waals surface area contributed by atoms with Crippen LogP contribution in [0.2, 0.25) is 0 Å². The molecule has 4 N–H and O–H groups in total. The Balaban J connectivity index is 1.37. The third-order valence-corrected chi connectivity index (χ3v) is 9.95. The lowest BCUT2D eigenvalue weighted by Gasteiger charge is -2.26. The van der Waals surface area contributed by atoms with Crippen molar-refractivity contribution in [1.82, 2.24) is 15.2 Å². The minimum absolute atomic E-state index is 0.135. The summed E-state index contributed by atoms with van der Waals surface area (Å²) in [5, 5.41) is 10.9. The third-order valence-electron chi connectivity index (χ3n) is 6.93. The van der Waals surface area contributed by atoms with Gasteiger partial charge >= 0.3 is 6.09 Å². The number of aromatic nitrogens is 3. The van der Waals surface area contributed by atoms with E-state index in [1.54, 1.807) is 17.4 Å². The van der Waals surface area contributed by atoms with Crippen LogP contribution < -0.4 is 11.1 Å². The van der Waals surface area contributed by atoms with Crippen LogP contribution in [-0.4, -0.2) is 46.8 Å². The maximum Gasteiger partial charge on any atom is 0.404 e. The number of carbonyl (C=O) groups excluding carboxylic acids is 1. The number of carbonyl (C=O) groups is 1. The van der Waals surface area contributed by atoms with Crippen LogP contribution in [0.15, 0.2) is 40.6 Å². The number of nitrogens with one attached hydrogen (secondary N) is 2. The monoisotopic (exact) mass is 530 g/mol. The van der Waals surface area contributed by atoms with E-state index in [-0.39, 0.29) is 17.9 Å². The Hall–Kier alpha value is -2.99. The average Bonchev–Trinajstić information content (AvgIpc) is 3.41. The van der Waals surface area contributed by atoms with Gasteiger partial charge in [0.15, 0.2) is 5.82 Å². The number of aromatic amines is 1. The molecule has 0 radical (unpaired) electrons. The molecule has 10 nitrogen and oxygen atoms in total. The van der Waals surface area contributed by atoms with Crippen molar-refractivity contribution < 1.29 is 17.9 Å². The van der Waals surface area contributed by atoms with Gasteiger partial charge in [0.2, 0.25) is 0 Å². The van der Waals surface area contributed by atoms with Crippen LogP contribution in [-0.2, 0) is 14.8 Å². The van der Waals surface area contributed by atoms with Crippen molar-refractivity contribution in [2.75, 3.05) is 5.32 Å². The number of sulfonamides is 1. The van der Waals surface area contributed by atoms with Gasteiger partial charge in [0.05, 0.1) is 21.9 Å². The average molecular weight is 531 g/mol. The summed E-state index contributed by atoms with van der Waals surface area (Å²) in [6, 6.07) is 1.88. The number of hydrogen-bond acceptors (Lipinski definition) is 8. The quantitative estimate of drug-likeness (QED) is 0.483. The van der Waals surface area contributed by atoms with E-state index in [0.717, 1.165) is 53.4 Å². The normalized spacial score (nSPS) is 25.9. The van der Waals surface area contributed by atoms with Gasteiger partial charge in [0, 0.05) is 34.4 Å². The van der Waals surface area contributed by atoms with E-state index in [9.17, 15) is 13.2 Å². The van der Waals surface area contributed by atoms with Crippen molar-refractivity contribution in [3.05, 3.63) is 51.8 Å². The molecule has 3 aliphatic carbocycles. The van der Waals surface area contributed by atoms with Gasteiger partial charge in [-0.15, -0.1) is 11.3 Å². The standard InChI is InChI=1S/C24H30N6O4S2/c1-14-11-22(29-28-14)27-16-7-10-19(20(12-16)30-36(32,33)18-3-2-4-18)21-13-26-23(35-21)15-5-8-17(9-6-15)34-24(25)31/h7,10-13,15,17-19H,2-6,8-9H2,1H3,(H2,25,31)(H2,27,28,29). The van der Waals surface area contributed by atoms with Gasteiger partial charge in [-0.05, 0) is 57.6 Å². The lowest BCUT2D eigenvalue weighted by Crippen LogP contribution is -2.28. The largest absolute Gasteiger partial charge is 0.446 e. The number of thiazole rings is 1. The van der Waals surface area contributed by atoms with E-state index in [2.05, 4.69) is 24.9 Å². The maximum atomic E-state index is 13.0. The molecule has 2 saturated carbocycles. The molecule has 0 aromatic carbocycles. The zero-order valence-electron chi connectivity index (χ0n) is 20.0. The fourth-order valence-corrected chi connectivity index (χ4v) is 7.46. The van der Waals surface area contributed by atoms with Gasteiger partial charge in [-0.25, -0.2) is 18.2 Å². The Morgan fingerprint density at radius 1 is 1.25 bits per heavy atom. The van der Waals surface area contributed by atoms with E-state index in [0.29, 0.717) is 24.4 Å². The van der Waals surface area contributed by atoms with Crippen molar-refractivity contribution in [3.63, 3.8) is 0 Å². The molecule has 2 heterocycles.